The fourth-order valence-electron chi connectivity index (χ4n) is 6.89. The van der Waals surface area contributed by atoms with E-state index in [1.54, 1.807) is 19.9 Å². The number of aromatic nitrogens is 1. The van der Waals surface area contributed by atoms with Gasteiger partial charge in [-0.2, -0.15) is 0 Å². The Labute approximate surface area is 272 Å². The van der Waals surface area contributed by atoms with E-state index in [1.807, 2.05) is 62.0 Å². The van der Waals surface area contributed by atoms with Gasteiger partial charge in [-0.15, -0.1) is 0 Å². The molecule has 0 radical (unpaired) electrons. The Kier molecular flexibility index (Phi) is 8.71. The normalized spacial score (nSPS) is 19.3. The topological polar surface area (TPSA) is 154 Å². The van der Waals surface area contributed by atoms with Crippen molar-refractivity contribution in [2.24, 2.45) is 5.73 Å². The van der Waals surface area contributed by atoms with Crippen molar-refractivity contribution in [3.8, 4) is 11.5 Å². The average molecular weight is 641 g/mol. The van der Waals surface area contributed by atoms with Gasteiger partial charge < -0.3 is 30.6 Å². The molecule has 0 saturated carbocycles. The summed E-state index contributed by atoms with van der Waals surface area (Å²) in [5, 5.41) is 8.51. The standard InChI is InChI=1S/C35H41N7O5/c1-19-16-25-29(18-28(19)40(4)5)47-30-17-24(22-10-6-7-11-23(22)31(30)38-25)39-33(44)27-13-9-15-42(27)35(46)21(3)37-32(43)26-12-8-14-41(26)34(45)20(2)36/h6-7,10-11,16-18,20-21,26-27H,8-9,12-15,36H2,1-5H3,(H,37,43)/p+1/t20-,21-,26-,27-/m0/s1. The van der Waals surface area contributed by atoms with Crippen molar-refractivity contribution in [2.45, 2.75) is 70.6 Å². The smallest absolute Gasteiger partial charge is 0.247 e. The summed E-state index contributed by atoms with van der Waals surface area (Å²) >= 11 is 0. The van der Waals surface area contributed by atoms with Crippen LogP contribution in [0, 0.1) is 6.92 Å². The van der Waals surface area contributed by atoms with Crippen molar-refractivity contribution in [1.29, 1.82) is 0 Å². The van der Waals surface area contributed by atoms with E-state index in [4.69, 9.17) is 15.1 Å². The molecule has 4 N–H and O–H groups in total. The molecule has 0 unspecified atom stereocenters. The predicted octanol–water partition coefficient (Wildman–Crippen LogP) is 2.20. The maximum absolute atomic E-state index is 13.8. The van der Waals surface area contributed by atoms with E-state index in [0.29, 0.717) is 61.3 Å². The lowest BCUT2D eigenvalue weighted by atomic mass is 10.1. The summed E-state index contributed by atoms with van der Waals surface area (Å²) < 4.78 is 8.40. The number of nitrogens with two attached hydrogens (primary N) is 1. The molecular weight excluding hydrogens is 598 g/mol. The van der Waals surface area contributed by atoms with Gasteiger partial charge in [0.05, 0.1) is 17.8 Å². The number of amides is 4. The molecule has 3 aliphatic heterocycles. The third-order valence-corrected chi connectivity index (χ3v) is 9.25. The zero-order chi connectivity index (χ0) is 33.6. The molecule has 2 aromatic rings. The minimum atomic E-state index is -0.876. The van der Waals surface area contributed by atoms with Gasteiger partial charge in [0.2, 0.25) is 29.0 Å². The second kappa shape index (κ2) is 12.7. The number of likely N-dealkylation sites (tertiary alicyclic amines) is 2. The van der Waals surface area contributed by atoms with Crippen LogP contribution >= 0.6 is 0 Å². The lowest BCUT2D eigenvalue weighted by molar-refractivity contribution is -0.142. The number of rotatable bonds is 6. The Morgan fingerprint density at radius 3 is 2.23 bits per heavy atom. The lowest BCUT2D eigenvalue weighted by Gasteiger charge is -2.29. The summed E-state index contributed by atoms with van der Waals surface area (Å²) in [5.74, 6) is -0.712. The Morgan fingerprint density at radius 1 is 0.936 bits per heavy atom. The van der Waals surface area contributed by atoms with Crippen LogP contribution in [0.25, 0.3) is 33.3 Å². The maximum atomic E-state index is 13.8. The Hall–Kier alpha value is -4.84. The highest BCUT2D eigenvalue weighted by molar-refractivity contribution is 6.13. The first-order valence-corrected chi connectivity index (χ1v) is 16.2. The molecule has 246 valence electrons. The summed E-state index contributed by atoms with van der Waals surface area (Å²) in [7, 11) is 3.95. The van der Waals surface area contributed by atoms with Crippen molar-refractivity contribution in [1.82, 2.24) is 24.7 Å². The minimum Gasteiger partial charge on any atom is -0.452 e. The molecular formula is C35H42N7O5+. The van der Waals surface area contributed by atoms with Gasteiger partial charge in [0, 0.05) is 35.5 Å². The Bertz CT molecular complexity index is 1950. The maximum Gasteiger partial charge on any atom is 0.247 e. The van der Waals surface area contributed by atoms with Crippen molar-refractivity contribution >= 4 is 51.2 Å². The van der Waals surface area contributed by atoms with E-state index in [1.165, 1.54) is 9.80 Å². The van der Waals surface area contributed by atoms with Crippen LogP contribution in [0.3, 0.4) is 0 Å². The van der Waals surface area contributed by atoms with Crippen molar-refractivity contribution < 1.29 is 23.6 Å². The SMILES string of the molecule is Cc1cc2nc3c(cc(NC(=O)[C@@H]4CCCN4C(=O)[C@H](C)NC(=O)[C@@H]4CCCN4C(=O)[C@H](C)N)c4ccccc43)oc-2cc1=[N+](C)C. The molecule has 0 aromatic heterocycles. The van der Waals surface area contributed by atoms with Gasteiger partial charge in [-0.05, 0) is 52.5 Å². The highest BCUT2D eigenvalue weighted by Crippen LogP contribution is 2.35. The molecule has 47 heavy (non-hydrogen) atoms. The van der Waals surface area contributed by atoms with Crippen LogP contribution in [0.4, 0.5) is 5.69 Å². The van der Waals surface area contributed by atoms with Gasteiger partial charge >= 0.3 is 0 Å². The van der Waals surface area contributed by atoms with Crippen LogP contribution < -0.4 is 26.3 Å². The summed E-state index contributed by atoms with van der Waals surface area (Å²) in [6.45, 7) is 6.09. The first kappa shape index (κ1) is 32.1. The first-order valence-electron chi connectivity index (χ1n) is 16.2. The van der Waals surface area contributed by atoms with E-state index in [0.717, 1.165) is 27.4 Å². The van der Waals surface area contributed by atoms with Crippen LogP contribution in [0.5, 0.6) is 0 Å². The van der Waals surface area contributed by atoms with E-state index < -0.39 is 30.1 Å². The van der Waals surface area contributed by atoms with E-state index in [9.17, 15) is 19.2 Å². The molecule has 6 rings (SSSR count). The molecule has 4 amide bonds. The third-order valence-electron chi connectivity index (χ3n) is 9.25. The molecule has 4 aliphatic rings. The third kappa shape index (κ3) is 6.05. The van der Waals surface area contributed by atoms with E-state index >= 15 is 0 Å². The first-order chi connectivity index (χ1) is 22.4. The van der Waals surface area contributed by atoms with Crippen LogP contribution in [0.1, 0.15) is 45.1 Å². The van der Waals surface area contributed by atoms with E-state index in [2.05, 4.69) is 10.6 Å². The quantitative estimate of drug-likeness (QED) is 0.166. The van der Waals surface area contributed by atoms with Crippen LogP contribution in [0.2, 0.25) is 0 Å². The van der Waals surface area contributed by atoms with Crippen molar-refractivity contribution in [3.05, 3.63) is 53.4 Å². The fourth-order valence-corrected chi connectivity index (χ4v) is 6.89. The highest BCUT2D eigenvalue weighted by Gasteiger charge is 2.39. The predicted molar refractivity (Wildman–Crippen MR) is 179 cm³/mol. The van der Waals surface area contributed by atoms with E-state index in [-0.39, 0.29) is 17.7 Å². The monoisotopic (exact) mass is 640 g/mol. The second-order valence-electron chi connectivity index (χ2n) is 12.9. The number of benzene rings is 3. The molecule has 12 heteroatoms. The van der Waals surface area contributed by atoms with Gasteiger partial charge in [0.25, 0.3) is 0 Å². The highest BCUT2D eigenvalue weighted by atomic mass is 16.3. The zero-order valence-electron chi connectivity index (χ0n) is 27.5. The Balaban J connectivity index is 1.24. The van der Waals surface area contributed by atoms with Crippen molar-refractivity contribution in [2.75, 3.05) is 32.5 Å². The minimum absolute atomic E-state index is 0.288. The van der Waals surface area contributed by atoms with Gasteiger partial charge in [-0.25, -0.2) is 9.56 Å². The number of anilines is 1. The van der Waals surface area contributed by atoms with Crippen LogP contribution in [-0.2, 0) is 19.2 Å². The second-order valence-corrected chi connectivity index (χ2v) is 12.9. The number of carbonyl (C=O) groups excluding carboxylic acids is 4. The number of hydrogen-bond acceptors (Lipinski definition) is 7. The zero-order valence-corrected chi connectivity index (χ0v) is 27.5. The number of fused-ring (bicyclic) bond motifs is 4. The molecule has 12 nitrogen and oxygen atoms in total. The van der Waals surface area contributed by atoms with Crippen LogP contribution in [-0.4, -0.2) is 89.8 Å². The summed E-state index contributed by atoms with van der Waals surface area (Å²) in [4.78, 5) is 61.0. The Morgan fingerprint density at radius 2 is 1.57 bits per heavy atom. The molecule has 0 bridgehead atoms. The molecule has 4 atom stereocenters. The van der Waals surface area contributed by atoms with Gasteiger partial charge in [-0.3, -0.25) is 19.2 Å². The number of nitrogens with one attached hydrogen (secondary N) is 2. The molecule has 3 heterocycles. The lowest BCUT2D eigenvalue weighted by Crippen LogP contribution is -2.55. The number of hydrogen-bond donors (Lipinski definition) is 3. The largest absolute Gasteiger partial charge is 0.452 e. The molecule has 0 spiro atoms. The van der Waals surface area contributed by atoms with Crippen LogP contribution in [0.15, 0.2) is 46.9 Å². The van der Waals surface area contributed by atoms with Crippen molar-refractivity contribution in [3.63, 3.8) is 0 Å². The summed E-state index contributed by atoms with van der Waals surface area (Å²) in [6, 6.07) is 10.5. The van der Waals surface area contributed by atoms with Gasteiger partial charge in [0.15, 0.2) is 11.3 Å². The molecule has 2 fully saturated rings. The average Bonchev–Trinajstić information content (AvgIpc) is 3.74. The summed E-state index contributed by atoms with van der Waals surface area (Å²) in [5.41, 5.74) is 9.38. The summed E-state index contributed by atoms with van der Waals surface area (Å²) in [6.07, 6.45) is 2.34. The number of carbonyl (C=O) groups is 4. The molecule has 2 saturated heterocycles. The molecule has 2 aromatic carbocycles. The number of nitrogens with zero attached hydrogens (tertiary/aromatic N) is 4. The molecule has 1 aliphatic carbocycles. The van der Waals surface area contributed by atoms with Gasteiger partial charge in [-0.1, -0.05) is 24.3 Å². The number of aryl methyl sites for hydroxylation is 1. The van der Waals surface area contributed by atoms with Gasteiger partial charge in [0.1, 0.15) is 43.4 Å². The fraction of sp³-hybridized carbons (Fsp3) is 0.429.